The Bertz CT molecular complexity index is 4080. The molecule has 0 saturated carbocycles. The third kappa shape index (κ3) is 11.9. The Hall–Kier alpha value is -7.13. The van der Waals surface area contributed by atoms with Gasteiger partial charge in [-0.2, -0.15) is 0 Å². The molecule has 8 unspecified atom stereocenters. The van der Waals surface area contributed by atoms with Crippen molar-refractivity contribution in [2.24, 2.45) is 23.7 Å². The second kappa shape index (κ2) is 25.8. The third-order valence-electron chi connectivity index (χ3n) is 16.9. The largest absolute Gasteiger partial charge is 0.481 e. The van der Waals surface area contributed by atoms with Gasteiger partial charge in [0.05, 0.1) is 88.2 Å². The summed E-state index contributed by atoms with van der Waals surface area (Å²) in [6.07, 6.45) is 1.87. The Labute approximate surface area is 528 Å². The van der Waals surface area contributed by atoms with Gasteiger partial charge in [-0.3, -0.25) is 24.0 Å². The third-order valence-corrected chi connectivity index (χ3v) is 24.1. The molecule has 23 rings (SSSR count). The van der Waals surface area contributed by atoms with Crippen molar-refractivity contribution >= 4 is 117 Å². The molecule has 10 heterocycles. The molecule has 18 nitrogen and oxygen atoms in total. The van der Waals surface area contributed by atoms with Crippen LogP contribution in [0.1, 0.15) is 84.2 Å². The van der Waals surface area contributed by atoms with Crippen molar-refractivity contribution in [1.82, 2.24) is 20.3 Å². The number of ether oxygens (including phenoxy) is 3. The molecule has 0 spiro atoms. The molecule has 8 N–H and O–H groups in total. The van der Waals surface area contributed by atoms with Crippen LogP contribution in [-0.4, -0.2) is 111 Å². The van der Waals surface area contributed by atoms with Crippen molar-refractivity contribution in [3.8, 4) is 0 Å². The maximum absolute atomic E-state index is 14.3. The Balaban J connectivity index is 0.730. The summed E-state index contributed by atoms with van der Waals surface area (Å²) < 4.78 is 19.0. The molecule has 18 bridgehead atoms. The zero-order chi connectivity index (χ0) is 60.7. The van der Waals surface area contributed by atoms with E-state index in [0.717, 1.165) is 91.1 Å². The second-order valence-corrected chi connectivity index (χ2v) is 28.7. The predicted molar refractivity (Wildman–Crippen MR) is 340 cm³/mol. The summed E-state index contributed by atoms with van der Waals surface area (Å²) in [7, 11) is 8.76. The van der Waals surface area contributed by atoms with Crippen LogP contribution in [0.25, 0.3) is 10.8 Å². The Morgan fingerprint density at radius 3 is 1.44 bits per heavy atom. The van der Waals surface area contributed by atoms with Gasteiger partial charge in [-0.1, -0.05) is 106 Å². The van der Waals surface area contributed by atoms with Crippen LogP contribution in [0, 0.1) is 23.7 Å². The summed E-state index contributed by atoms with van der Waals surface area (Å²) in [4.78, 5) is 72.1. The quantitative estimate of drug-likeness (QED) is 0.0212. The van der Waals surface area contributed by atoms with Crippen LogP contribution in [0.2, 0.25) is 0 Å². The molecule has 0 saturated heterocycles. The van der Waals surface area contributed by atoms with Crippen LogP contribution in [0.4, 0.5) is 11.4 Å². The van der Waals surface area contributed by atoms with E-state index in [1.165, 1.54) is 64.8 Å². The van der Waals surface area contributed by atoms with E-state index in [4.69, 9.17) is 19.9 Å². The van der Waals surface area contributed by atoms with Gasteiger partial charge in [0.15, 0.2) is 0 Å². The number of carbonyl (C=O) groups is 5. The molecule has 1 amide bonds. The monoisotopic (exact) mass is 1290 g/mol. The highest BCUT2D eigenvalue weighted by Gasteiger charge is 2.57. The van der Waals surface area contributed by atoms with Gasteiger partial charge in [0.25, 0.3) is 5.91 Å². The average molecular weight is 1290 g/mol. The highest BCUT2D eigenvalue weighted by Crippen LogP contribution is 2.62. The molecule has 9 aliphatic heterocycles. The first-order valence-electron chi connectivity index (χ1n) is 28.3. The number of rotatable bonds is 20. The van der Waals surface area contributed by atoms with Crippen molar-refractivity contribution in [2.75, 3.05) is 57.2 Å². The highest BCUT2D eigenvalue weighted by atomic mass is 33.1. The molecule has 8 aromatic rings. The predicted octanol–water partition coefficient (Wildman–Crippen LogP) is 11.8. The normalized spacial score (nSPS) is 21.0. The fourth-order valence-corrected chi connectivity index (χ4v) is 19.4. The Kier molecular flexibility index (Phi) is 17.5. The molecule has 450 valence electrons. The Morgan fingerprint density at radius 2 is 0.955 bits per heavy atom. The van der Waals surface area contributed by atoms with Gasteiger partial charge < -0.3 is 51.0 Å². The molecule has 7 aromatic carbocycles. The summed E-state index contributed by atoms with van der Waals surface area (Å²) in [5, 5.41) is 59.6. The number of nitrogens with one attached hydrogen (secondary N) is 2. The molecule has 0 fully saturated rings. The molecule has 24 heteroatoms. The van der Waals surface area contributed by atoms with E-state index in [0.29, 0.717) is 62.3 Å². The number of nitrogens with zero attached hydrogens (tertiary/aromatic N) is 3. The van der Waals surface area contributed by atoms with Gasteiger partial charge in [-0.05, 0) is 146 Å². The second-order valence-electron chi connectivity index (χ2n) is 21.9. The number of hydrogen-bond donors (Lipinski definition) is 7. The minimum absolute atomic E-state index is 0.223. The molecule has 8 atom stereocenters. The first kappa shape index (κ1) is 59.8. The number of nitrogen functional groups attached to an aromatic ring is 1. The fraction of sp³-hybridized carbons (Fsp3) is 0.266. The summed E-state index contributed by atoms with van der Waals surface area (Å²) in [5.74, 6) is -12.9. The molecule has 1 aromatic heterocycles. The van der Waals surface area contributed by atoms with E-state index < -0.39 is 71.2 Å². The van der Waals surface area contributed by atoms with Crippen LogP contribution >= 0.6 is 64.8 Å². The lowest BCUT2D eigenvalue weighted by Gasteiger charge is -2.47. The molecule has 15 aliphatic rings. The van der Waals surface area contributed by atoms with Gasteiger partial charge >= 0.3 is 23.9 Å². The van der Waals surface area contributed by atoms with Crippen LogP contribution in [0.5, 0.6) is 0 Å². The van der Waals surface area contributed by atoms with Crippen LogP contribution < -0.4 is 16.4 Å². The van der Waals surface area contributed by atoms with Crippen molar-refractivity contribution in [2.45, 2.75) is 66.1 Å². The molecular formula is C64H56N6O12S6. The number of benzene rings is 7. The van der Waals surface area contributed by atoms with Crippen molar-refractivity contribution < 1.29 is 58.6 Å². The average Bonchev–Trinajstić information content (AvgIpc) is 0.771. The number of amides is 1. The number of fused-ring (bicyclic) bond motifs is 2. The SMILES string of the molecule is Nc1ccc(NCc2cn(CCOCCOCCOCCNC(=O)c3cc4cccc5c4cc3SSc3ccc4c(c3)C3c6ccc(cc6C4C(C(=O)O)C3C(=O)O)SSc3ccc4c(c3)C3c6ccc(cc6C4C(C(=O)O)C3C(=O)O)SS5)nn2)cc1. The number of anilines is 2. The maximum Gasteiger partial charge on any atom is 0.308 e. The number of carbonyl (C=O) groups excluding carboxylic acids is 1. The molecular weight excluding hydrogens is 1240 g/mol. The van der Waals surface area contributed by atoms with Gasteiger partial charge in [0.1, 0.15) is 5.69 Å². The van der Waals surface area contributed by atoms with Crippen molar-refractivity contribution in [1.29, 1.82) is 0 Å². The number of carboxylic acid groups (broad SMARTS) is 4. The number of nitrogens with two attached hydrogens (primary N) is 1. The minimum atomic E-state index is -1.23. The number of hydrogen-bond acceptors (Lipinski definition) is 18. The molecule has 0 radical (unpaired) electrons. The molecule has 6 aliphatic carbocycles. The van der Waals surface area contributed by atoms with Crippen molar-refractivity contribution in [3.05, 3.63) is 189 Å². The fourth-order valence-electron chi connectivity index (χ4n) is 13.1. The standard InChI is InChI=1S/C64H56N6O12S6/c65-33-4-6-34(7-5-33)67-30-35-31-70(69-68-35)17-19-81-21-23-82-22-20-80-18-16-66-60(71)49-24-32-2-1-3-50-44(32)29-51(49)88-86-39-11-15-43-48(28-39)55-41-13-9-37(26-46(41)53(43)57(62(74)75)59(55)64(78)79)84-83-36-8-12-40-45(25-36)52-42-14-10-38(85-87-50)27-47(42)54(40)58(63(76)77)56(52)61(72)73/h1-15,24-29,31,52-59,67H,16-23,30,65H2,(H,66,71)(H,72,73)(H,74,75)(H,76,77)(H,78,79). The van der Waals surface area contributed by atoms with E-state index in [-0.39, 0.29) is 19.1 Å². The van der Waals surface area contributed by atoms with E-state index in [9.17, 15) is 44.4 Å². The Morgan fingerprint density at radius 1 is 0.500 bits per heavy atom. The number of aromatic nitrogens is 3. The number of aliphatic carboxylic acids is 4. The minimum Gasteiger partial charge on any atom is -0.481 e. The van der Waals surface area contributed by atoms with E-state index in [1.54, 1.807) is 4.68 Å². The lowest BCUT2D eigenvalue weighted by atomic mass is 9.54. The van der Waals surface area contributed by atoms with Gasteiger partial charge in [0.2, 0.25) is 0 Å². The smallest absolute Gasteiger partial charge is 0.308 e. The lowest BCUT2D eigenvalue weighted by Crippen LogP contribution is -2.47. The summed E-state index contributed by atoms with van der Waals surface area (Å²) in [6.45, 7) is 3.35. The summed E-state index contributed by atoms with van der Waals surface area (Å²) >= 11 is 0. The zero-order valence-electron chi connectivity index (χ0n) is 46.6. The summed E-state index contributed by atoms with van der Waals surface area (Å²) in [5.41, 5.74) is 14.8. The summed E-state index contributed by atoms with van der Waals surface area (Å²) in [6, 6.07) is 40.7. The maximum atomic E-state index is 14.3. The van der Waals surface area contributed by atoms with E-state index in [2.05, 4.69) is 20.9 Å². The lowest BCUT2D eigenvalue weighted by molar-refractivity contribution is -0.156. The first-order valence-corrected chi connectivity index (χ1v) is 34.8. The van der Waals surface area contributed by atoms with E-state index >= 15 is 0 Å². The first-order chi connectivity index (χ1) is 42.8. The van der Waals surface area contributed by atoms with Crippen molar-refractivity contribution in [3.63, 3.8) is 0 Å². The van der Waals surface area contributed by atoms with Gasteiger partial charge in [-0.15, -0.1) is 5.10 Å². The van der Waals surface area contributed by atoms with Crippen LogP contribution in [0.15, 0.2) is 163 Å². The molecule has 88 heavy (non-hydrogen) atoms. The van der Waals surface area contributed by atoms with Gasteiger partial charge in [-0.25, -0.2) is 4.68 Å². The van der Waals surface area contributed by atoms with Crippen LogP contribution in [0.3, 0.4) is 0 Å². The zero-order valence-corrected chi connectivity index (χ0v) is 51.5. The van der Waals surface area contributed by atoms with Gasteiger partial charge in [0, 0.05) is 71.0 Å². The van der Waals surface area contributed by atoms with Crippen LogP contribution in [-0.2, 0) is 46.5 Å². The van der Waals surface area contributed by atoms with E-state index in [1.807, 2.05) is 134 Å². The highest BCUT2D eigenvalue weighted by molar-refractivity contribution is 8.77. The number of carboxylic acids is 4. The topological polar surface area (TPSA) is 275 Å².